The molecule has 0 heterocycles. The molecule has 0 bridgehead atoms. The molecule has 0 fully saturated rings. The van der Waals surface area contributed by atoms with Crippen molar-refractivity contribution in [2.75, 3.05) is 0 Å². The zero-order chi connectivity index (χ0) is 25.6. The summed E-state index contributed by atoms with van der Waals surface area (Å²) in [4.78, 5) is 28.0. The predicted molar refractivity (Wildman–Crippen MR) is 144 cm³/mol. The van der Waals surface area contributed by atoms with E-state index in [9.17, 15) is 9.59 Å². The van der Waals surface area contributed by atoms with E-state index in [2.05, 4.69) is 6.08 Å². The van der Waals surface area contributed by atoms with Gasteiger partial charge in [0.05, 0.1) is 0 Å². The predicted octanol–water partition coefficient (Wildman–Crippen LogP) is 6.55. The molecule has 0 spiro atoms. The number of rotatable bonds is 6. The van der Waals surface area contributed by atoms with Gasteiger partial charge in [0, 0.05) is 0 Å². The van der Waals surface area contributed by atoms with E-state index < -0.39 is 28.4 Å². The van der Waals surface area contributed by atoms with E-state index in [0.29, 0.717) is 17.5 Å². The zero-order valence-electron chi connectivity index (χ0n) is 20.6. The normalized spacial score (nSPS) is 19.2. The van der Waals surface area contributed by atoms with E-state index in [0.717, 1.165) is 15.0 Å². The number of fused-ring (bicyclic) bond motifs is 1. The fourth-order valence-electron chi connectivity index (χ4n) is 5.99. The molecule has 36 heavy (non-hydrogen) atoms. The molecule has 2 aliphatic rings. The van der Waals surface area contributed by atoms with Crippen LogP contribution in [0.5, 0.6) is 0 Å². The van der Waals surface area contributed by atoms with E-state index in [4.69, 9.17) is 6.64 Å². The maximum absolute atomic E-state index is 14.0. The summed E-state index contributed by atoms with van der Waals surface area (Å²) >= 11 is -6.41. The second kappa shape index (κ2) is 7.39. The molecule has 3 aromatic carbocycles. The van der Waals surface area contributed by atoms with Gasteiger partial charge in [-0.1, -0.05) is 0 Å². The molecule has 0 radical (unpaired) electrons. The van der Waals surface area contributed by atoms with Gasteiger partial charge in [-0.25, -0.2) is 0 Å². The minimum absolute atomic E-state index is 0.413. The Morgan fingerprint density at radius 1 is 0.806 bits per heavy atom. The standard InChI is InChI=1S/C9H7.2C7H6O2.C5H5.2CH3.H2Si.Ti/c1-2-5-9-7-3-6-8(9)4-1;2*8-7(9)6-4-2-1-3-5-6;1-2-4-5-3-1;;;;/h1-7H;2*1-5H,(H,8,9);1-3H,4H2;2*1H3;1H2;/q;;;;;;;+2/p-2. The Kier molecular flexibility index (Phi) is 5.02. The van der Waals surface area contributed by atoms with Crippen LogP contribution in [0.15, 0.2) is 113 Å². The summed E-state index contributed by atoms with van der Waals surface area (Å²) in [5.41, 5.74) is 2.84. The first-order chi connectivity index (χ1) is 17.0. The van der Waals surface area contributed by atoms with Crippen LogP contribution in [0.4, 0.5) is 0 Å². The van der Waals surface area contributed by atoms with Crippen molar-refractivity contribution in [2.24, 2.45) is 0 Å². The van der Waals surface area contributed by atoms with E-state index in [-0.39, 0.29) is 0 Å². The average Bonchev–Trinajstić information content (AvgIpc) is 3.57. The average molecular weight is 531 g/mol. The van der Waals surface area contributed by atoms with Gasteiger partial charge in [-0.05, 0) is 0 Å². The fraction of sp³-hybridized carbons (Fsp3) is 0.133. The van der Waals surface area contributed by atoms with Crippen LogP contribution in [-0.2, 0) is 18.9 Å². The van der Waals surface area contributed by atoms with Gasteiger partial charge in [-0.3, -0.25) is 0 Å². The molecule has 2 aliphatic carbocycles. The zero-order valence-corrected chi connectivity index (χ0v) is 23.6. The Morgan fingerprint density at radius 2 is 1.33 bits per heavy atom. The summed E-state index contributed by atoms with van der Waals surface area (Å²) in [5.74, 6) is -1.00. The molecule has 1 unspecified atom stereocenters. The van der Waals surface area contributed by atoms with Gasteiger partial charge in [0.25, 0.3) is 0 Å². The molecule has 0 aliphatic heterocycles. The summed E-state index contributed by atoms with van der Waals surface area (Å²) in [6.07, 6.45) is 10.6. The van der Waals surface area contributed by atoms with Crippen LogP contribution in [0, 0.1) is 0 Å². The van der Waals surface area contributed by atoms with Crippen molar-refractivity contribution in [2.45, 2.75) is 21.1 Å². The summed E-state index contributed by atoms with van der Waals surface area (Å²) in [6.45, 7) is 0. The summed E-state index contributed by atoms with van der Waals surface area (Å²) < 4.78 is 14.3. The molecular weight excluding hydrogens is 500 g/mol. The third-order valence-corrected chi connectivity index (χ3v) is 25.7. The molecule has 4 nitrogen and oxygen atoms in total. The number of carbonyl (C=O) groups is 2. The SMILES string of the molecule is [CH3][Ti]([CH3])(=[SiH2])([O]C(=O)c1ccccc1)([O]C(=O)c1ccccc1)([C]1=CC=CC1)[CH]1C=Cc2ccccc21. The quantitative estimate of drug-likeness (QED) is 0.340. The van der Waals surface area contributed by atoms with E-state index in [1.54, 1.807) is 56.2 Å². The topological polar surface area (TPSA) is 52.6 Å². The van der Waals surface area contributed by atoms with Gasteiger partial charge in [-0.2, -0.15) is 0 Å². The third-order valence-electron chi connectivity index (χ3n) is 8.20. The molecular formula is C30H30O4SiTi. The number of benzene rings is 3. The van der Waals surface area contributed by atoms with Gasteiger partial charge < -0.3 is 0 Å². The van der Waals surface area contributed by atoms with E-state index in [1.165, 1.54) is 0 Å². The van der Waals surface area contributed by atoms with Crippen molar-refractivity contribution in [1.82, 2.24) is 0 Å². The van der Waals surface area contributed by atoms with Crippen molar-refractivity contribution in [3.63, 3.8) is 0 Å². The van der Waals surface area contributed by atoms with Gasteiger partial charge in [-0.15, -0.1) is 0 Å². The van der Waals surface area contributed by atoms with Crippen LogP contribution in [0.1, 0.15) is 42.5 Å². The molecule has 0 aromatic heterocycles. The monoisotopic (exact) mass is 530 g/mol. The number of hydrogen-bond acceptors (Lipinski definition) is 4. The molecule has 182 valence electrons. The van der Waals surface area contributed by atoms with Crippen LogP contribution in [0.2, 0.25) is 10.5 Å². The first-order valence-electron chi connectivity index (χ1n) is 12.2. The molecule has 0 saturated heterocycles. The molecule has 6 heteroatoms. The van der Waals surface area contributed by atoms with Crippen LogP contribution < -0.4 is 0 Å². The van der Waals surface area contributed by atoms with Crippen LogP contribution in [0.25, 0.3) is 6.08 Å². The van der Waals surface area contributed by atoms with Gasteiger partial charge in [0.2, 0.25) is 0 Å². The molecule has 0 amide bonds. The Labute approximate surface area is 209 Å². The molecule has 5 rings (SSSR count). The fourth-order valence-corrected chi connectivity index (χ4v) is 20.3. The summed E-state index contributed by atoms with van der Waals surface area (Å²) in [5, 5.41) is 3.90. The minimum atomic E-state index is -6.41. The second-order valence-corrected chi connectivity index (χ2v) is 39.6. The summed E-state index contributed by atoms with van der Waals surface area (Å²) in [7, 11) is 1.61. The Hall–Kier alpha value is -3.25. The van der Waals surface area contributed by atoms with Crippen molar-refractivity contribution in [3.8, 4) is 0 Å². The van der Waals surface area contributed by atoms with Crippen molar-refractivity contribution in [3.05, 3.63) is 135 Å². The van der Waals surface area contributed by atoms with Crippen LogP contribution in [0.3, 0.4) is 0 Å². The Balaban J connectivity index is 1.83. The van der Waals surface area contributed by atoms with Crippen LogP contribution >= 0.6 is 0 Å². The third kappa shape index (κ3) is 3.53. The van der Waals surface area contributed by atoms with Gasteiger partial charge in [0.15, 0.2) is 0 Å². The Morgan fingerprint density at radius 3 is 1.86 bits per heavy atom. The molecule has 0 saturated carbocycles. The van der Waals surface area contributed by atoms with Crippen molar-refractivity contribution >= 4 is 25.6 Å². The van der Waals surface area contributed by atoms with Crippen molar-refractivity contribution < 1.29 is 28.5 Å². The maximum atomic E-state index is 14.0. The molecule has 1 atom stereocenters. The van der Waals surface area contributed by atoms with Gasteiger partial charge in [0.1, 0.15) is 0 Å². The van der Waals surface area contributed by atoms with Crippen molar-refractivity contribution in [1.29, 1.82) is 0 Å². The van der Waals surface area contributed by atoms with E-state index in [1.807, 2.05) is 71.2 Å². The molecule has 0 N–H and O–H groups in total. The van der Waals surface area contributed by atoms with Gasteiger partial charge >= 0.3 is 211 Å². The number of carbonyl (C=O) groups excluding carboxylic acids is 2. The van der Waals surface area contributed by atoms with Crippen LogP contribution in [-0.4, -0.2) is 19.6 Å². The second-order valence-electron chi connectivity index (χ2n) is 11.7. The number of allylic oxidation sites excluding steroid dienone is 5. The van der Waals surface area contributed by atoms with E-state index >= 15 is 0 Å². The summed E-state index contributed by atoms with van der Waals surface area (Å²) in [6, 6.07) is 25.9. The number of hydrogen-bond donors (Lipinski definition) is 0. The first kappa shape index (κ1) is 24.4. The molecule has 3 aromatic rings. The first-order valence-corrected chi connectivity index (χ1v) is 22.3. The Bertz CT molecular complexity index is 1560.